The third-order valence-electron chi connectivity index (χ3n) is 5.27. The van der Waals surface area contributed by atoms with Gasteiger partial charge in [-0.25, -0.2) is 14.6 Å². The van der Waals surface area contributed by atoms with E-state index >= 15 is 0 Å². The topological polar surface area (TPSA) is 132 Å². The fourth-order valence-electron chi connectivity index (χ4n) is 3.37. The Morgan fingerprint density at radius 3 is 2.58 bits per heavy atom. The minimum Gasteiger partial charge on any atom is -0.453 e. The van der Waals surface area contributed by atoms with Gasteiger partial charge < -0.3 is 19.2 Å². The molecule has 0 unspecified atom stereocenters. The number of H-pyrrole nitrogens is 1. The molecule has 0 aliphatic carbocycles. The van der Waals surface area contributed by atoms with Gasteiger partial charge in [0.15, 0.2) is 6.29 Å². The van der Waals surface area contributed by atoms with Crippen LogP contribution in [0, 0.1) is 0 Å². The summed E-state index contributed by atoms with van der Waals surface area (Å²) in [6.07, 6.45) is 2.94. The molecule has 38 heavy (non-hydrogen) atoms. The van der Waals surface area contributed by atoms with Gasteiger partial charge in [-0.3, -0.25) is 10.1 Å². The van der Waals surface area contributed by atoms with Gasteiger partial charge in [-0.2, -0.15) is 4.99 Å². The first-order valence-corrected chi connectivity index (χ1v) is 16.4. The number of unbranched alkanes of at least 4 members (excludes halogenated alkanes) is 1. The summed E-state index contributed by atoms with van der Waals surface area (Å²) in [5.41, 5.74) is 2.27. The number of methoxy groups -OCH3 is 1. The first-order chi connectivity index (χ1) is 17.8. The number of aryl methyl sites for hydroxylation is 1. The third-order valence-corrected chi connectivity index (χ3v) is 6.98. The predicted octanol–water partition coefficient (Wildman–Crippen LogP) is 6.25. The number of ether oxygens (including phenoxy) is 3. The van der Waals surface area contributed by atoms with Crippen LogP contribution in [0.1, 0.15) is 55.5 Å². The number of nitrogens with one attached hydrogen (secondary N) is 2. The Balaban J connectivity index is 2.19. The second-order valence-corrected chi connectivity index (χ2v) is 16.7. The molecule has 2 amide bonds. The molecule has 0 saturated heterocycles. The van der Waals surface area contributed by atoms with Gasteiger partial charge in [0.1, 0.15) is 11.4 Å². The molecule has 0 radical (unpaired) electrons. The number of hydrogen-bond acceptors (Lipinski definition) is 7. The largest absolute Gasteiger partial charge is 0.453 e. The fourth-order valence-corrected chi connectivity index (χ4v) is 4.13. The Hall–Kier alpha value is -3.31. The van der Waals surface area contributed by atoms with E-state index in [9.17, 15) is 14.4 Å². The standard InChI is InChI=1S/C27H40N4O6Si/c1-27(2,3)37-25(33)28-13-9-8-10-23-30-22(18-36-14-15-38(5,6)7)24(31-23)21-12-11-20(16-19(21)17-32)29-26(34)35-4/h11-13,16-17H,8-10,14-15,18H2,1-7H3,(H,29,34)(H,30,31). The van der Waals surface area contributed by atoms with Crippen molar-refractivity contribution in [3.63, 3.8) is 0 Å². The number of hydrogen-bond donors (Lipinski definition) is 2. The average Bonchev–Trinajstić information content (AvgIpc) is 3.22. The lowest BCUT2D eigenvalue weighted by atomic mass is 10.0. The van der Waals surface area contributed by atoms with Crippen LogP contribution in [0.25, 0.3) is 11.3 Å². The number of amides is 2. The molecule has 11 heteroatoms. The summed E-state index contributed by atoms with van der Waals surface area (Å²) in [6.45, 7) is 13.2. The van der Waals surface area contributed by atoms with Gasteiger partial charge in [0, 0.05) is 44.1 Å². The minimum absolute atomic E-state index is 0.327. The highest BCUT2D eigenvalue weighted by molar-refractivity contribution is 6.76. The highest BCUT2D eigenvalue weighted by atomic mass is 28.3. The van der Waals surface area contributed by atoms with Crippen molar-refractivity contribution in [3.05, 3.63) is 35.3 Å². The molecule has 0 atom stereocenters. The van der Waals surface area contributed by atoms with Gasteiger partial charge in [-0.15, -0.1) is 0 Å². The van der Waals surface area contributed by atoms with Crippen molar-refractivity contribution >= 4 is 38.4 Å². The summed E-state index contributed by atoms with van der Waals surface area (Å²) >= 11 is 0. The van der Waals surface area contributed by atoms with E-state index in [0.29, 0.717) is 55.0 Å². The van der Waals surface area contributed by atoms with Crippen LogP contribution >= 0.6 is 0 Å². The summed E-state index contributed by atoms with van der Waals surface area (Å²) in [5.74, 6) is 0.739. The van der Waals surface area contributed by atoms with Gasteiger partial charge in [0.2, 0.25) is 0 Å². The van der Waals surface area contributed by atoms with Crippen LogP contribution in [0.2, 0.25) is 25.7 Å². The Morgan fingerprint density at radius 1 is 1.21 bits per heavy atom. The molecule has 0 aliphatic heterocycles. The first-order valence-electron chi connectivity index (χ1n) is 12.7. The molecule has 1 heterocycles. The fraction of sp³-hybridized carbons (Fsp3) is 0.519. The van der Waals surface area contributed by atoms with Crippen LogP contribution in [0.15, 0.2) is 23.2 Å². The SMILES string of the molecule is COC(=O)Nc1ccc(-c2nc(CCCC=NC(=O)OC(C)(C)C)[nH]c2COCC[Si](C)(C)C)c(C=O)c1. The third kappa shape index (κ3) is 11.0. The minimum atomic E-state index is -1.24. The van der Waals surface area contributed by atoms with Crippen LogP contribution in [0.5, 0.6) is 0 Å². The van der Waals surface area contributed by atoms with E-state index < -0.39 is 25.9 Å². The molecule has 1 aromatic carbocycles. The summed E-state index contributed by atoms with van der Waals surface area (Å²) in [7, 11) is 0.0314. The second kappa shape index (κ2) is 14.0. The van der Waals surface area contributed by atoms with Crippen LogP contribution in [0.4, 0.5) is 15.3 Å². The van der Waals surface area contributed by atoms with Crippen LogP contribution in [0.3, 0.4) is 0 Å². The Kier molecular flexibility index (Phi) is 11.4. The number of aromatic nitrogens is 2. The monoisotopic (exact) mass is 544 g/mol. The van der Waals surface area contributed by atoms with Gasteiger partial charge in [0.05, 0.1) is 25.1 Å². The van der Waals surface area contributed by atoms with Gasteiger partial charge in [0.25, 0.3) is 0 Å². The highest BCUT2D eigenvalue weighted by Gasteiger charge is 2.18. The van der Waals surface area contributed by atoms with E-state index in [1.54, 1.807) is 45.2 Å². The van der Waals surface area contributed by atoms with Gasteiger partial charge >= 0.3 is 12.2 Å². The molecular formula is C27H40N4O6Si. The molecule has 10 nitrogen and oxygen atoms in total. The summed E-state index contributed by atoms with van der Waals surface area (Å²) in [6, 6.07) is 6.05. The van der Waals surface area contributed by atoms with Crippen molar-refractivity contribution in [3.8, 4) is 11.3 Å². The number of aromatic amines is 1. The molecule has 2 aromatic rings. The quantitative estimate of drug-likeness (QED) is 0.140. The van der Waals surface area contributed by atoms with E-state index in [-0.39, 0.29) is 0 Å². The Labute approximate surface area is 225 Å². The zero-order valence-corrected chi connectivity index (χ0v) is 24.5. The summed E-state index contributed by atoms with van der Waals surface area (Å²) in [4.78, 5) is 47.2. The van der Waals surface area contributed by atoms with E-state index in [4.69, 9.17) is 14.5 Å². The zero-order valence-electron chi connectivity index (χ0n) is 23.5. The van der Waals surface area contributed by atoms with Crippen molar-refractivity contribution in [2.24, 2.45) is 4.99 Å². The maximum Gasteiger partial charge on any atom is 0.433 e. The lowest BCUT2D eigenvalue weighted by Gasteiger charge is -2.16. The van der Waals surface area contributed by atoms with Crippen LogP contribution in [-0.2, 0) is 27.2 Å². The van der Waals surface area contributed by atoms with E-state index in [1.165, 1.54) is 7.11 Å². The number of imidazole rings is 1. The number of carbonyl (C=O) groups excluding carboxylic acids is 3. The molecule has 0 aliphatic rings. The summed E-state index contributed by atoms with van der Waals surface area (Å²) in [5, 5.41) is 2.57. The molecule has 0 saturated carbocycles. The predicted molar refractivity (Wildman–Crippen MR) is 151 cm³/mol. The lowest BCUT2D eigenvalue weighted by molar-refractivity contribution is 0.0604. The maximum absolute atomic E-state index is 11.9. The molecule has 2 rings (SSSR count). The molecular weight excluding hydrogens is 504 g/mol. The molecule has 0 bridgehead atoms. The van der Waals surface area contributed by atoms with Crippen molar-refractivity contribution in [1.29, 1.82) is 0 Å². The second-order valence-electron chi connectivity index (χ2n) is 11.1. The molecule has 1 aromatic heterocycles. The van der Waals surface area contributed by atoms with Crippen LogP contribution in [-0.4, -0.2) is 62.0 Å². The number of anilines is 1. The molecule has 0 spiro atoms. The molecule has 0 fully saturated rings. The molecule has 208 valence electrons. The van der Waals surface area contributed by atoms with E-state index in [0.717, 1.165) is 23.8 Å². The maximum atomic E-state index is 11.9. The lowest BCUT2D eigenvalue weighted by Crippen LogP contribution is -2.21. The van der Waals surface area contributed by atoms with Crippen molar-refractivity contribution < 1.29 is 28.6 Å². The van der Waals surface area contributed by atoms with Crippen molar-refractivity contribution in [2.45, 2.75) is 77.9 Å². The average molecular weight is 545 g/mol. The number of aldehydes is 1. The Bertz CT molecular complexity index is 1130. The molecule has 2 N–H and O–H groups in total. The summed E-state index contributed by atoms with van der Waals surface area (Å²) < 4.78 is 15.8. The van der Waals surface area contributed by atoms with E-state index in [1.807, 2.05) is 0 Å². The van der Waals surface area contributed by atoms with E-state index in [2.05, 4.69) is 39.7 Å². The number of rotatable bonds is 12. The smallest absolute Gasteiger partial charge is 0.433 e. The number of benzene rings is 1. The van der Waals surface area contributed by atoms with Gasteiger partial charge in [-0.05, 0) is 57.9 Å². The first kappa shape index (κ1) is 30.9. The zero-order chi connectivity index (χ0) is 28.3. The van der Waals surface area contributed by atoms with Crippen LogP contribution < -0.4 is 5.32 Å². The normalized spacial score (nSPS) is 12.0. The van der Waals surface area contributed by atoms with Crippen molar-refractivity contribution in [2.75, 3.05) is 19.0 Å². The Morgan fingerprint density at radius 2 is 1.95 bits per heavy atom. The number of nitrogens with zero attached hydrogens (tertiary/aromatic N) is 2. The van der Waals surface area contributed by atoms with Crippen molar-refractivity contribution in [1.82, 2.24) is 9.97 Å². The number of carbonyl (C=O) groups is 3. The van der Waals surface area contributed by atoms with Gasteiger partial charge in [-0.1, -0.05) is 19.6 Å². The highest BCUT2D eigenvalue weighted by Crippen LogP contribution is 2.28. The number of aliphatic imine (C=N–C) groups is 1.